The van der Waals surface area contributed by atoms with E-state index in [-0.39, 0.29) is 12.3 Å². The average molecular weight is 399 g/mol. The highest BCUT2D eigenvalue weighted by molar-refractivity contribution is 5.82. The topological polar surface area (TPSA) is 84.0 Å². The number of aromatic amines is 1. The largest absolute Gasteiger partial charge is 0.350 e. The number of H-pyrrole nitrogens is 1. The van der Waals surface area contributed by atoms with Crippen molar-refractivity contribution < 1.29 is 4.79 Å². The molecule has 0 aliphatic rings. The van der Waals surface area contributed by atoms with E-state index < -0.39 is 17.3 Å². The summed E-state index contributed by atoms with van der Waals surface area (Å²) in [6.45, 7) is 0.311. The number of para-hydroxylation sites is 1. The van der Waals surface area contributed by atoms with Crippen molar-refractivity contribution >= 4 is 16.8 Å². The van der Waals surface area contributed by atoms with Crippen LogP contribution in [0.2, 0.25) is 0 Å². The van der Waals surface area contributed by atoms with Crippen molar-refractivity contribution in [2.45, 2.75) is 19.0 Å². The van der Waals surface area contributed by atoms with E-state index in [1.807, 2.05) is 60.7 Å². The van der Waals surface area contributed by atoms with Crippen molar-refractivity contribution in [1.29, 1.82) is 0 Å². The van der Waals surface area contributed by atoms with Gasteiger partial charge in [0.2, 0.25) is 5.91 Å². The van der Waals surface area contributed by atoms with E-state index in [4.69, 9.17) is 0 Å². The first-order valence-corrected chi connectivity index (χ1v) is 9.72. The molecule has 150 valence electrons. The van der Waals surface area contributed by atoms with Gasteiger partial charge in [-0.25, -0.2) is 9.36 Å². The maximum Gasteiger partial charge on any atom is 0.329 e. The maximum absolute atomic E-state index is 13.1. The summed E-state index contributed by atoms with van der Waals surface area (Å²) in [4.78, 5) is 41.8. The van der Waals surface area contributed by atoms with E-state index in [1.165, 1.54) is 0 Å². The number of fused-ring (bicyclic) bond motifs is 1. The summed E-state index contributed by atoms with van der Waals surface area (Å²) in [5, 5.41) is 3.24. The monoisotopic (exact) mass is 399 g/mol. The third kappa shape index (κ3) is 4.07. The van der Waals surface area contributed by atoms with E-state index in [1.54, 1.807) is 24.3 Å². The van der Waals surface area contributed by atoms with Gasteiger partial charge in [-0.15, -0.1) is 0 Å². The summed E-state index contributed by atoms with van der Waals surface area (Å²) >= 11 is 0. The van der Waals surface area contributed by atoms with Gasteiger partial charge in [-0.05, 0) is 23.3 Å². The molecule has 1 heterocycles. The smallest absolute Gasteiger partial charge is 0.329 e. The molecule has 0 spiro atoms. The third-order valence-corrected chi connectivity index (χ3v) is 5.03. The van der Waals surface area contributed by atoms with Gasteiger partial charge in [-0.1, -0.05) is 72.8 Å². The Kier molecular flexibility index (Phi) is 5.57. The zero-order valence-electron chi connectivity index (χ0n) is 16.2. The highest BCUT2D eigenvalue weighted by Gasteiger charge is 2.25. The zero-order chi connectivity index (χ0) is 20.9. The molecule has 2 N–H and O–H groups in total. The van der Waals surface area contributed by atoms with Crippen LogP contribution in [0.5, 0.6) is 0 Å². The summed E-state index contributed by atoms with van der Waals surface area (Å²) in [6.07, 6.45) is 0.225. The molecule has 1 atom stereocenters. The fraction of sp³-hybridized carbons (Fsp3) is 0.125. The predicted octanol–water partition coefficient (Wildman–Crippen LogP) is 2.79. The number of nitrogens with zero attached hydrogens (tertiary/aromatic N) is 1. The number of benzene rings is 3. The molecule has 1 amide bonds. The Morgan fingerprint density at radius 2 is 1.43 bits per heavy atom. The number of carbonyl (C=O) groups is 1. The van der Waals surface area contributed by atoms with Gasteiger partial charge in [0.05, 0.1) is 10.9 Å². The highest BCUT2D eigenvalue weighted by atomic mass is 16.2. The Balaban J connectivity index is 1.74. The van der Waals surface area contributed by atoms with Gasteiger partial charge in [0.15, 0.2) is 0 Å². The number of nitrogens with one attached hydrogen (secondary N) is 2. The molecule has 30 heavy (non-hydrogen) atoms. The molecule has 0 fully saturated rings. The zero-order valence-corrected chi connectivity index (χ0v) is 16.2. The number of aromatic nitrogens is 2. The Bertz CT molecular complexity index is 1280. The highest BCUT2D eigenvalue weighted by Crippen LogP contribution is 2.14. The summed E-state index contributed by atoms with van der Waals surface area (Å²) < 4.78 is 1.02. The van der Waals surface area contributed by atoms with Gasteiger partial charge in [-0.3, -0.25) is 9.59 Å². The minimum absolute atomic E-state index is 0.225. The summed E-state index contributed by atoms with van der Waals surface area (Å²) in [5.41, 5.74) is 1.16. The van der Waals surface area contributed by atoms with Crippen LogP contribution in [0.25, 0.3) is 10.9 Å². The van der Waals surface area contributed by atoms with Gasteiger partial charge < -0.3 is 10.3 Å². The lowest BCUT2D eigenvalue weighted by molar-refractivity contribution is -0.124. The standard InChI is InChI=1S/C24H21N3O3/c28-22(25-16-18-11-5-2-6-12-18)21(15-17-9-3-1-4-10-17)27-23(29)19-13-7-8-14-20(19)26-24(27)30/h1-14,21H,15-16H2,(H,25,28)(H,26,30)/t21-/m0/s1. The van der Waals surface area contributed by atoms with Crippen LogP contribution >= 0.6 is 0 Å². The summed E-state index contributed by atoms with van der Waals surface area (Å²) in [7, 11) is 0. The molecule has 4 rings (SSSR count). The Morgan fingerprint density at radius 3 is 2.13 bits per heavy atom. The Hall–Kier alpha value is -3.93. The number of hydrogen-bond donors (Lipinski definition) is 2. The van der Waals surface area contributed by atoms with Crippen LogP contribution in [0.1, 0.15) is 17.2 Å². The normalized spacial score (nSPS) is 11.9. The Labute approximate surface area is 172 Å². The van der Waals surface area contributed by atoms with E-state index in [2.05, 4.69) is 10.3 Å². The SMILES string of the molecule is O=C(NCc1ccccc1)[C@H](Cc1ccccc1)n1c(=O)[nH]c2ccccc2c1=O. The second-order valence-corrected chi connectivity index (χ2v) is 7.06. The molecule has 0 unspecified atom stereocenters. The second-order valence-electron chi connectivity index (χ2n) is 7.06. The van der Waals surface area contributed by atoms with Crippen molar-refractivity contribution in [3.8, 4) is 0 Å². The second kappa shape index (κ2) is 8.61. The van der Waals surface area contributed by atoms with Crippen molar-refractivity contribution in [2.24, 2.45) is 0 Å². The van der Waals surface area contributed by atoms with Gasteiger partial charge in [0.25, 0.3) is 5.56 Å². The van der Waals surface area contributed by atoms with E-state index in [0.717, 1.165) is 15.7 Å². The molecule has 0 radical (unpaired) electrons. The molecule has 3 aromatic carbocycles. The first kappa shape index (κ1) is 19.4. The van der Waals surface area contributed by atoms with E-state index in [9.17, 15) is 14.4 Å². The fourth-order valence-corrected chi connectivity index (χ4v) is 3.50. The molecular formula is C24H21N3O3. The van der Waals surface area contributed by atoms with Crippen LogP contribution in [0.4, 0.5) is 0 Å². The first-order valence-electron chi connectivity index (χ1n) is 9.72. The molecule has 1 aromatic heterocycles. The van der Waals surface area contributed by atoms with Crippen LogP contribution in [0.3, 0.4) is 0 Å². The lowest BCUT2D eigenvalue weighted by Gasteiger charge is -2.19. The van der Waals surface area contributed by atoms with Gasteiger partial charge in [0.1, 0.15) is 6.04 Å². The summed E-state index contributed by atoms with van der Waals surface area (Å²) in [6, 6.07) is 24.7. The molecule has 0 aliphatic carbocycles. The molecule has 0 saturated heterocycles. The third-order valence-electron chi connectivity index (χ3n) is 5.03. The van der Waals surface area contributed by atoms with Gasteiger partial charge >= 0.3 is 5.69 Å². The molecule has 6 heteroatoms. The van der Waals surface area contributed by atoms with Gasteiger partial charge in [-0.2, -0.15) is 0 Å². The Morgan fingerprint density at radius 1 is 0.833 bits per heavy atom. The minimum Gasteiger partial charge on any atom is -0.350 e. The van der Waals surface area contributed by atoms with Crippen molar-refractivity contribution in [2.75, 3.05) is 0 Å². The molecule has 6 nitrogen and oxygen atoms in total. The number of rotatable bonds is 6. The van der Waals surface area contributed by atoms with E-state index in [0.29, 0.717) is 17.4 Å². The van der Waals surface area contributed by atoms with Crippen LogP contribution in [0.15, 0.2) is 94.5 Å². The van der Waals surface area contributed by atoms with Crippen molar-refractivity contribution in [3.63, 3.8) is 0 Å². The van der Waals surface area contributed by atoms with Gasteiger partial charge in [0, 0.05) is 13.0 Å². The lowest BCUT2D eigenvalue weighted by Crippen LogP contribution is -2.45. The molecular weight excluding hydrogens is 378 g/mol. The molecule has 0 saturated carbocycles. The molecule has 0 bridgehead atoms. The van der Waals surface area contributed by atoms with Crippen molar-refractivity contribution in [1.82, 2.24) is 14.9 Å². The van der Waals surface area contributed by atoms with Crippen LogP contribution < -0.4 is 16.6 Å². The minimum atomic E-state index is -0.975. The molecule has 4 aromatic rings. The predicted molar refractivity (Wildman–Crippen MR) is 116 cm³/mol. The van der Waals surface area contributed by atoms with Crippen LogP contribution in [0, 0.1) is 0 Å². The average Bonchev–Trinajstić information content (AvgIpc) is 2.78. The van der Waals surface area contributed by atoms with Crippen molar-refractivity contribution in [3.05, 3.63) is 117 Å². The first-order chi connectivity index (χ1) is 14.6. The number of amides is 1. The maximum atomic E-state index is 13.1. The lowest BCUT2D eigenvalue weighted by atomic mass is 10.0. The number of hydrogen-bond acceptors (Lipinski definition) is 3. The van der Waals surface area contributed by atoms with E-state index >= 15 is 0 Å². The van der Waals surface area contributed by atoms with Crippen LogP contribution in [-0.4, -0.2) is 15.5 Å². The quantitative estimate of drug-likeness (QED) is 0.523. The van der Waals surface area contributed by atoms with Crippen LogP contribution in [-0.2, 0) is 17.8 Å². The number of carbonyl (C=O) groups excluding carboxylic acids is 1. The fourth-order valence-electron chi connectivity index (χ4n) is 3.50. The summed E-state index contributed by atoms with van der Waals surface area (Å²) in [5.74, 6) is -0.384. The molecule has 0 aliphatic heterocycles.